The first-order chi connectivity index (χ1) is 5.07. The topological polar surface area (TPSA) is 15.3 Å². The van der Waals surface area contributed by atoms with E-state index in [0.717, 1.165) is 0 Å². The molecule has 0 unspecified atom stereocenters. The highest BCUT2D eigenvalue weighted by Crippen LogP contribution is 1.95. The lowest BCUT2D eigenvalue weighted by Crippen LogP contribution is -2.39. The van der Waals surface area contributed by atoms with Gasteiger partial charge >= 0.3 is 0 Å². The Balaban J connectivity index is 3.64. The van der Waals surface area contributed by atoms with Crippen molar-refractivity contribution in [2.45, 2.75) is 13.3 Å². The van der Waals surface area contributed by atoms with E-state index in [4.69, 9.17) is 12.2 Å². The zero-order chi connectivity index (χ0) is 8.85. The van der Waals surface area contributed by atoms with Crippen molar-refractivity contribution in [3.8, 4) is 0 Å². The van der Waals surface area contributed by atoms with Crippen molar-refractivity contribution < 1.29 is 8.78 Å². The molecule has 5 heteroatoms. The van der Waals surface area contributed by atoms with Crippen LogP contribution in [0.5, 0.6) is 0 Å². The maximum atomic E-state index is 11.8. The highest BCUT2D eigenvalue weighted by Gasteiger charge is 2.09. The molecule has 0 radical (unpaired) electrons. The van der Waals surface area contributed by atoms with Crippen LogP contribution < -0.4 is 5.32 Å². The number of nitrogens with one attached hydrogen (secondary N) is 1. The van der Waals surface area contributed by atoms with Crippen molar-refractivity contribution in [2.24, 2.45) is 0 Å². The first-order valence-corrected chi connectivity index (χ1v) is 3.75. The van der Waals surface area contributed by atoms with Gasteiger partial charge in [-0.2, -0.15) is 0 Å². The molecule has 0 fully saturated rings. The van der Waals surface area contributed by atoms with Crippen LogP contribution in [-0.2, 0) is 0 Å². The SMILES string of the molecule is CCNC(=S)N(C)CC(F)F. The first kappa shape index (κ1) is 10.6. The molecule has 0 atom stereocenters. The second kappa shape index (κ2) is 5.23. The fourth-order valence-corrected chi connectivity index (χ4v) is 0.795. The Morgan fingerprint density at radius 1 is 1.64 bits per heavy atom. The predicted molar refractivity (Wildman–Crippen MR) is 44.9 cm³/mol. The molecule has 0 aliphatic rings. The number of alkyl halides is 2. The summed E-state index contributed by atoms with van der Waals surface area (Å²) in [6.07, 6.45) is -2.34. The summed E-state index contributed by atoms with van der Waals surface area (Å²) in [5.41, 5.74) is 0. The molecule has 0 saturated heterocycles. The van der Waals surface area contributed by atoms with Crippen molar-refractivity contribution in [2.75, 3.05) is 20.1 Å². The number of hydrogen-bond donors (Lipinski definition) is 1. The number of thiocarbonyl (C=S) groups is 1. The summed E-state index contributed by atoms with van der Waals surface area (Å²) in [5.74, 6) is 0. The van der Waals surface area contributed by atoms with E-state index in [1.54, 1.807) is 0 Å². The molecule has 0 amide bonds. The van der Waals surface area contributed by atoms with E-state index in [9.17, 15) is 8.78 Å². The van der Waals surface area contributed by atoms with Crippen molar-refractivity contribution in [3.63, 3.8) is 0 Å². The monoisotopic (exact) mass is 182 g/mol. The minimum absolute atomic E-state index is 0.314. The lowest BCUT2D eigenvalue weighted by atomic mass is 10.6. The van der Waals surface area contributed by atoms with Gasteiger partial charge in [-0.05, 0) is 19.1 Å². The average molecular weight is 182 g/mol. The fourth-order valence-electron chi connectivity index (χ4n) is 0.576. The number of halogens is 2. The molecule has 0 aliphatic carbocycles. The quantitative estimate of drug-likeness (QED) is 0.657. The molecule has 2 nitrogen and oxygen atoms in total. The minimum Gasteiger partial charge on any atom is -0.363 e. The van der Waals surface area contributed by atoms with Crippen LogP contribution in [0.3, 0.4) is 0 Å². The molecule has 11 heavy (non-hydrogen) atoms. The molecule has 0 saturated carbocycles. The van der Waals surface area contributed by atoms with Gasteiger partial charge in [0.2, 0.25) is 0 Å². The smallest absolute Gasteiger partial charge is 0.255 e. The highest BCUT2D eigenvalue weighted by atomic mass is 32.1. The summed E-state index contributed by atoms with van der Waals surface area (Å²) in [5, 5.41) is 3.14. The molecular weight excluding hydrogens is 170 g/mol. The van der Waals surface area contributed by atoms with Crippen LogP contribution in [0, 0.1) is 0 Å². The third kappa shape index (κ3) is 4.89. The Kier molecular flexibility index (Phi) is 5.02. The molecule has 0 aliphatic heterocycles. The van der Waals surface area contributed by atoms with E-state index >= 15 is 0 Å². The molecular formula is C6H12F2N2S. The van der Waals surface area contributed by atoms with Crippen LogP contribution in [0.1, 0.15) is 6.92 Å². The molecule has 0 aromatic carbocycles. The van der Waals surface area contributed by atoms with E-state index in [-0.39, 0.29) is 6.54 Å². The molecule has 1 N–H and O–H groups in total. The molecule has 0 aromatic rings. The number of nitrogens with zero attached hydrogens (tertiary/aromatic N) is 1. The largest absolute Gasteiger partial charge is 0.363 e. The van der Waals surface area contributed by atoms with Crippen LogP contribution in [0.25, 0.3) is 0 Å². The Hall–Kier alpha value is -0.450. The lowest BCUT2D eigenvalue weighted by Gasteiger charge is -2.19. The molecule has 0 bridgehead atoms. The molecule has 0 aromatic heterocycles. The van der Waals surface area contributed by atoms with Gasteiger partial charge in [-0.15, -0.1) is 0 Å². The Morgan fingerprint density at radius 3 is 2.55 bits per heavy atom. The maximum Gasteiger partial charge on any atom is 0.255 e. The van der Waals surface area contributed by atoms with Gasteiger partial charge in [0.25, 0.3) is 6.43 Å². The Labute approximate surface area is 70.6 Å². The summed E-state index contributed by atoms with van der Waals surface area (Å²) >= 11 is 4.78. The summed E-state index contributed by atoms with van der Waals surface area (Å²) < 4.78 is 23.5. The van der Waals surface area contributed by atoms with Gasteiger partial charge in [-0.1, -0.05) is 0 Å². The van der Waals surface area contributed by atoms with Gasteiger partial charge in [-0.3, -0.25) is 0 Å². The predicted octanol–water partition coefficient (Wildman–Crippen LogP) is 1.08. The Morgan fingerprint density at radius 2 is 2.18 bits per heavy atom. The van der Waals surface area contributed by atoms with E-state index in [1.807, 2.05) is 6.92 Å². The normalized spacial score (nSPS) is 9.91. The first-order valence-electron chi connectivity index (χ1n) is 3.35. The van der Waals surface area contributed by atoms with E-state index < -0.39 is 6.43 Å². The van der Waals surface area contributed by atoms with Crippen molar-refractivity contribution in [3.05, 3.63) is 0 Å². The summed E-state index contributed by atoms with van der Waals surface area (Å²) in [6, 6.07) is 0. The van der Waals surface area contributed by atoms with Crippen LogP contribution in [0.2, 0.25) is 0 Å². The van der Waals surface area contributed by atoms with Crippen LogP contribution in [0.4, 0.5) is 8.78 Å². The average Bonchev–Trinajstić information content (AvgIpc) is 1.86. The molecule has 0 spiro atoms. The van der Waals surface area contributed by atoms with Crippen LogP contribution in [-0.4, -0.2) is 36.6 Å². The lowest BCUT2D eigenvalue weighted by molar-refractivity contribution is 0.123. The van der Waals surface area contributed by atoms with Gasteiger partial charge < -0.3 is 10.2 Å². The molecule has 66 valence electrons. The van der Waals surface area contributed by atoms with Gasteiger partial charge in [0, 0.05) is 13.6 Å². The third-order valence-electron chi connectivity index (χ3n) is 1.09. The zero-order valence-electron chi connectivity index (χ0n) is 6.60. The van der Waals surface area contributed by atoms with Gasteiger partial charge in [-0.25, -0.2) is 8.78 Å². The molecule has 0 heterocycles. The molecule has 0 rings (SSSR count). The second-order valence-electron chi connectivity index (χ2n) is 2.11. The van der Waals surface area contributed by atoms with E-state index in [1.165, 1.54) is 11.9 Å². The minimum atomic E-state index is -2.34. The standard InChI is InChI=1S/C6H12F2N2S/c1-3-9-6(11)10(2)4-5(7)8/h5H,3-4H2,1-2H3,(H,9,11). The maximum absolute atomic E-state index is 11.8. The van der Waals surface area contributed by atoms with Crippen LogP contribution in [0.15, 0.2) is 0 Å². The summed E-state index contributed by atoms with van der Waals surface area (Å²) in [4.78, 5) is 1.32. The van der Waals surface area contributed by atoms with Gasteiger partial charge in [0.1, 0.15) is 0 Å². The third-order valence-corrected chi connectivity index (χ3v) is 1.54. The van der Waals surface area contributed by atoms with Gasteiger partial charge in [0.05, 0.1) is 6.54 Å². The van der Waals surface area contributed by atoms with E-state index in [2.05, 4.69) is 5.32 Å². The van der Waals surface area contributed by atoms with Crippen molar-refractivity contribution >= 4 is 17.3 Å². The zero-order valence-corrected chi connectivity index (χ0v) is 7.42. The summed E-state index contributed by atoms with van der Waals surface area (Å²) in [6.45, 7) is 2.21. The number of hydrogen-bond acceptors (Lipinski definition) is 1. The Bertz CT molecular complexity index is 130. The van der Waals surface area contributed by atoms with E-state index in [0.29, 0.717) is 11.7 Å². The summed E-state index contributed by atoms with van der Waals surface area (Å²) in [7, 11) is 1.54. The van der Waals surface area contributed by atoms with Crippen molar-refractivity contribution in [1.29, 1.82) is 0 Å². The van der Waals surface area contributed by atoms with Crippen molar-refractivity contribution in [1.82, 2.24) is 10.2 Å². The van der Waals surface area contributed by atoms with Gasteiger partial charge in [0.15, 0.2) is 5.11 Å². The van der Waals surface area contributed by atoms with Crippen LogP contribution >= 0.6 is 12.2 Å². The number of rotatable bonds is 3. The fraction of sp³-hybridized carbons (Fsp3) is 0.833. The second-order valence-corrected chi connectivity index (χ2v) is 2.49. The highest BCUT2D eigenvalue weighted by molar-refractivity contribution is 7.80.